The van der Waals surface area contributed by atoms with Crippen LogP contribution in [0.3, 0.4) is 0 Å². The molecule has 0 saturated carbocycles. The molecular weight excluding hydrogens is 226 g/mol. The van der Waals surface area contributed by atoms with Gasteiger partial charge in [0, 0.05) is 5.75 Å². The minimum atomic E-state index is 0. The van der Waals surface area contributed by atoms with Gasteiger partial charge in [0.25, 0.3) is 0 Å². The van der Waals surface area contributed by atoms with Crippen LogP contribution >= 0.6 is 24.2 Å². The Kier molecular flexibility index (Phi) is 3.48. The Morgan fingerprint density at radius 3 is 2.64 bits per heavy atom. The van der Waals surface area contributed by atoms with Crippen molar-refractivity contribution in [2.24, 2.45) is 15.9 Å². The summed E-state index contributed by atoms with van der Waals surface area (Å²) in [4.78, 5) is 0. The third-order valence-corrected chi connectivity index (χ3v) is 2.35. The monoisotopic (exact) mass is 233 g/mol. The first-order valence-corrected chi connectivity index (χ1v) is 4.58. The van der Waals surface area contributed by atoms with E-state index in [4.69, 9.17) is 5.73 Å². The van der Waals surface area contributed by atoms with Gasteiger partial charge in [-0.15, -0.1) is 22.6 Å². The topological polar surface area (TPSA) is 89.7 Å². The smallest absolute Gasteiger partial charge is 0.180 e. The number of hydrogen-bond acceptors (Lipinski definition) is 7. The molecule has 76 valence electrons. The summed E-state index contributed by atoms with van der Waals surface area (Å²) in [5, 5.41) is 15.5. The predicted octanol–water partition coefficient (Wildman–Crippen LogP) is 0.565. The van der Waals surface area contributed by atoms with Gasteiger partial charge in [0.05, 0.1) is 0 Å². The minimum Gasteiger partial charge on any atom is -0.377 e. The molecule has 0 saturated heterocycles. The third kappa shape index (κ3) is 2.05. The number of nitrogens with two attached hydrogens (primary N) is 1. The first kappa shape index (κ1) is 11.0. The zero-order valence-corrected chi connectivity index (χ0v) is 8.93. The second kappa shape index (κ2) is 4.43. The molecular formula is C6H8ClN5OS. The molecule has 0 bridgehead atoms. The van der Waals surface area contributed by atoms with Gasteiger partial charge in [0.2, 0.25) is 0 Å². The number of thioether (sulfide) groups is 1. The van der Waals surface area contributed by atoms with Crippen molar-refractivity contribution in [3.8, 4) is 0 Å². The van der Waals surface area contributed by atoms with Crippen molar-refractivity contribution in [2.75, 3.05) is 5.75 Å². The summed E-state index contributed by atoms with van der Waals surface area (Å²) < 4.78 is 4.56. The Balaban J connectivity index is 0.000000980. The van der Waals surface area contributed by atoms with E-state index in [0.29, 0.717) is 16.6 Å². The van der Waals surface area contributed by atoms with E-state index in [1.807, 2.05) is 0 Å². The maximum atomic E-state index is 5.43. The molecule has 0 amide bonds. The fraction of sp³-hybridized carbons (Fsp3) is 0.333. The SMILES string of the molecule is Cc1nonc1C1=NN=C(N)SC1.Cl. The van der Waals surface area contributed by atoms with Crippen LogP contribution in [0.25, 0.3) is 0 Å². The van der Waals surface area contributed by atoms with Crippen molar-refractivity contribution in [2.45, 2.75) is 6.92 Å². The molecule has 14 heavy (non-hydrogen) atoms. The molecule has 1 aromatic heterocycles. The van der Waals surface area contributed by atoms with Crippen LogP contribution < -0.4 is 5.73 Å². The number of aromatic nitrogens is 2. The summed E-state index contributed by atoms with van der Waals surface area (Å²) in [5.41, 5.74) is 7.56. The molecule has 0 spiro atoms. The Labute approximate surface area is 90.4 Å². The van der Waals surface area contributed by atoms with E-state index >= 15 is 0 Å². The van der Waals surface area contributed by atoms with Crippen LogP contribution in [-0.4, -0.2) is 26.9 Å². The van der Waals surface area contributed by atoms with E-state index in [-0.39, 0.29) is 12.4 Å². The summed E-state index contributed by atoms with van der Waals surface area (Å²) in [6.07, 6.45) is 0. The summed E-state index contributed by atoms with van der Waals surface area (Å²) >= 11 is 1.42. The second-order valence-electron chi connectivity index (χ2n) is 2.47. The van der Waals surface area contributed by atoms with Crippen LogP contribution in [0.5, 0.6) is 0 Å². The fourth-order valence-corrected chi connectivity index (χ4v) is 1.50. The molecule has 0 unspecified atom stereocenters. The third-order valence-electron chi connectivity index (χ3n) is 1.55. The lowest BCUT2D eigenvalue weighted by Crippen LogP contribution is -2.17. The predicted molar refractivity (Wildman–Crippen MR) is 56.9 cm³/mol. The normalized spacial score (nSPS) is 15.5. The molecule has 0 aliphatic carbocycles. The summed E-state index contributed by atoms with van der Waals surface area (Å²) in [6.45, 7) is 1.81. The first-order chi connectivity index (χ1) is 6.27. The molecule has 0 fully saturated rings. The molecule has 6 nitrogen and oxygen atoms in total. The molecule has 0 aromatic carbocycles. The lowest BCUT2D eigenvalue weighted by atomic mass is 10.2. The van der Waals surface area contributed by atoms with Crippen molar-refractivity contribution < 1.29 is 4.63 Å². The van der Waals surface area contributed by atoms with Crippen molar-refractivity contribution in [1.82, 2.24) is 10.3 Å². The molecule has 1 aliphatic heterocycles. The number of aryl methyl sites for hydroxylation is 1. The van der Waals surface area contributed by atoms with Gasteiger partial charge >= 0.3 is 0 Å². The average molecular weight is 234 g/mol. The van der Waals surface area contributed by atoms with Crippen LogP contribution in [-0.2, 0) is 0 Å². The van der Waals surface area contributed by atoms with E-state index in [1.165, 1.54) is 11.8 Å². The van der Waals surface area contributed by atoms with Gasteiger partial charge in [0.1, 0.15) is 11.4 Å². The molecule has 2 heterocycles. The van der Waals surface area contributed by atoms with Crippen molar-refractivity contribution in [3.05, 3.63) is 11.4 Å². The fourth-order valence-electron chi connectivity index (χ4n) is 0.919. The number of halogens is 1. The first-order valence-electron chi connectivity index (χ1n) is 3.59. The molecule has 1 aliphatic rings. The average Bonchev–Trinajstić information content (AvgIpc) is 2.53. The van der Waals surface area contributed by atoms with Gasteiger partial charge in [-0.25, -0.2) is 4.63 Å². The van der Waals surface area contributed by atoms with E-state index < -0.39 is 0 Å². The van der Waals surface area contributed by atoms with Gasteiger partial charge in [-0.3, -0.25) is 0 Å². The largest absolute Gasteiger partial charge is 0.377 e. The van der Waals surface area contributed by atoms with Crippen molar-refractivity contribution in [1.29, 1.82) is 0 Å². The van der Waals surface area contributed by atoms with Gasteiger partial charge in [0.15, 0.2) is 10.9 Å². The standard InChI is InChI=1S/C6H7N5OS.ClH/c1-3-5(11-12-10-3)4-2-13-6(7)9-8-4;/h2H2,1H3,(H2,7,9);1H. The van der Waals surface area contributed by atoms with Crippen LogP contribution in [0.1, 0.15) is 11.4 Å². The Morgan fingerprint density at radius 1 is 1.36 bits per heavy atom. The van der Waals surface area contributed by atoms with E-state index in [2.05, 4.69) is 25.1 Å². The Bertz CT molecular complexity index is 387. The summed E-state index contributed by atoms with van der Waals surface area (Å²) in [6, 6.07) is 0. The van der Waals surface area contributed by atoms with Crippen LogP contribution in [0, 0.1) is 6.92 Å². The number of nitrogens with zero attached hydrogens (tertiary/aromatic N) is 4. The van der Waals surface area contributed by atoms with Gasteiger partial charge in [-0.2, -0.15) is 0 Å². The maximum Gasteiger partial charge on any atom is 0.180 e. The van der Waals surface area contributed by atoms with Crippen molar-refractivity contribution in [3.63, 3.8) is 0 Å². The Hall–Kier alpha value is -1.08. The highest BCUT2D eigenvalue weighted by atomic mass is 35.5. The van der Waals surface area contributed by atoms with Crippen LogP contribution in [0.15, 0.2) is 14.8 Å². The second-order valence-corrected chi connectivity index (χ2v) is 3.47. The highest BCUT2D eigenvalue weighted by Gasteiger charge is 2.16. The van der Waals surface area contributed by atoms with Gasteiger partial charge in [-0.1, -0.05) is 16.9 Å². The van der Waals surface area contributed by atoms with E-state index in [9.17, 15) is 0 Å². The van der Waals surface area contributed by atoms with E-state index in [0.717, 1.165) is 11.4 Å². The number of rotatable bonds is 1. The zero-order chi connectivity index (χ0) is 9.26. The van der Waals surface area contributed by atoms with Crippen molar-refractivity contribution >= 4 is 35.0 Å². The molecule has 0 radical (unpaired) electrons. The molecule has 8 heteroatoms. The minimum absolute atomic E-state index is 0. The Morgan fingerprint density at radius 2 is 2.14 bits per heavy atom. The quantitative estimate of drug-likeness (QED) is 0.766. The molecule has 0 atom stereocenters. The lowest BCUT2D eigenvalue weighted by Gasteiger charge is -2.05. The molecule has 1 aromatic rings. The van der Waals surface area contributed by atoms with Gasteiger partial charge < -0.3 is 5.73 Å². The number of amidine groups is 1. The van der Waals surface area contributed by atoms with E-state index in [1.54, 1.807) is 6.92 Å². The maximum absolute atomic E-state index is 5.43. The van der Waals surface area contributed by atoms with Crippen LogP contribution in [0.4, 0.5) is 0 Å². The zero-order valence-electron chi connectivity index (χ0n) is 7.30. The highest BCUT2D eigenvalue weighted by Crippen LogP contribution is 2.13. The van der Waals surface area contributed by atoms with Gasteiger partial charge in [-0.05, 0) is 12.1 Å². The molecule has 2 N–H and O–H groups in total. The van der Waals surface area contributed by atoms with Crippen LogP contribution in [0.2, 0.25) is 0 Å². The molecule has 2 rings (SSSR count). The number of hydrogen-bond donors (Lipinski definition) is 1. The summed E-state index contributed by atoms with van der Waals surface area (Å²) in [7, 11) is 0. The lowest BCUT2D eigenvalue weighted by molar-refractivity contribution is 0.304. The summed E-state index contributed by atoms with van der Waals surface area (Å²) in [5.74, 6) is 0.657. The highest BCUT2D eigenvalue weighted by molar-refractivity contribution is 8.14.